The highest BCUT2D eigenvalue weighted by Gasteiger charge is 2.32. The number of benzene rings is 1. The van der Waals surface area contributed by atoms with Crippen molar-refractivity contribution in [2.45, 2.75) is 4.90 Å². The summed E-state index contributed by atoms with van der Waals surface area (Å²) in [6.07, 6.45) is 0. The molecule has 1 fully saturated rings. The summed E-state index contributed by atoms with van der Waals surface area (Å²) in [7, 11) is -3.70. The highest BCUT2D eigenvalue weighted by molar-refractivity contribution is 9.10. The second-order valence-electron chi connectivity index (χ2n) is 5.69. The van der Waals surface area contributed by atoms with Gasteiger partial charge in [0.2, 0.25) is 10.0 Å². The fraction of sp³-hybridized carbons (Fsp3) is 0.267. The van der Waals surface area contributed by atoms with Gasteiger partial charge in [0.25, 0.3) is 5.91 Å². The van der Waals surface area contributed by atoms with Crippen LogP contribution in [0.2, 0.25) is 0 Å². The van der Waals surface area contributed by atoms with E-state index in [1.165, 1.54) is 10.4 Å². The number of aromatic nitrogens is 2. The SMILES string of the molecule is O=C(c1ccc(Br)o1)N1CCN(S(=O)(=O)c2cccc3nsnc23)CC1. The monoisotopic (exact) mass is 456 g/mol. The Bertz CT molecular complexity index is 1070. The zero-order valence-corrected chi connectivity index (χ0v) is 16.6. The van der Waals surface area contributed by atoms with E-state index in [9.17, 15) is 13.2 Å². The molecule has 0 saturated carbocycles. The summed E-state index contributed by atoms with van der Waals surface area (Å²) in [5.74, 6) is -0.0231. The van der Waals surface area contributed by atoms with E-state index in [0.717, 1.165) is 11.7 Å². The van der Waals surface area contributed by atoms with Crippen LogP contribution < -0.4 is 0 Å². The molecule has 1 aliphatic rings. The van der Waals surface area contributed by atoms with Crippen LogP contribution in [0.3, 0.4) is 0 Å². The molecule has 1 aromatic carbocycles. The molecule has 0 bridgehead atoms. The largest absolute Gasteiger partial charge is 0.444 e. The summed E-state index contributed by atoms with van der Waals surface area (Å²) >= 11 is 4.15. The van der Waals surface area contributed by atoms with E-state index < -0.39 is 10.0 Å². The van der Waals surface area contributed by atoms with Crippen LogP contribution in [0, 0.1) is 0 Å². The third-order valence-corrected chi connectivity index (χ3v) is 7.08. The van der Waals surface area contributed by atoms with Crippen LogP contribution in [0.5, 0.6) is 0 Å². The molecule has 0 atom stereocenters. The minimum Gasteiger partial charge on any atom is -0.444 e. The van der Waals surface area contributed by atoms with E-state index in [4.69, 9.17) is 4.42 Å². The third kappa shape index (κ3) is 3.04. The lowest BCUT2D eigenvalue weighted by molar-refractivity contribution is 0.0664. The van der Waals surface area contributed by atoms with Crippen molar-refractivity contribution in [3.8, 4) is 0 Å². The first-order valence-electron chi connectivity index (χ1n) is 7.73. The van der Waals surface area contributed by atoms with Gasteiger partial charge in [0.15, 0.2) is 10.4 Å². The van der Waals surface area contributed by atoms with E-state index in [0.29, 0.717) is 28.8 Å². The number of furan rings is 1. The minimum atomic E-state index is -3.70. The Morgan fingerprint density at radius 3 is 2.58 bits per heavy atom. The summed E-state index contributed by atoms with van der Waals surface area (Å²) in [6, 6.07) is 8.17. The average Bonchev–Trinajstić information content (AvgIpc) is 3.29. The molecule has 8 nitrogen and oxygen atoms in total. The van der Waals surface area contributed by atoms with Gasteiger partial charge in [-0.1, -0.05) is 6.07 Å². The van der Waals surface area contributed by atoms with Gasteiger partial charge in [-0.2, -0.15) is 13.1 Å². The quantitative estimate of drug-likeness (QED) is 0.599. The van der Waals surface area contributed by atoms with E-state index in [2.05, 4.69) is 24.7 Å². The van der Waals surface area contributed by atoms with Gasteiger partial charge in [0, 0.05) is 26.2 Å². The minimum absolute atomic E-state index is 0.151. The molecule has 26 heavy (non-hydrogen) atoms. The summed E-state index contributed by atoms with van der Waals surface area (Å²) in [4.78, 5) is 14.1. The smallest absolute Gasteiger partial charge is 0.289 e. The summed E-state index contributed by atoms with van der Waals surface area (Å²) in [5, 5.41) is 0. The molecule has 0 N–H and O–H groups in total. The molecule has 1 amide bonds. The molecule has 0 aliphatic carbocycles. The maximum absolute atomic E-state index is 13.0. The summed E-state index contributed by atoms with van der Waals surface area (Å²) in [6.45, 7) is 1.01. The van der Waals surface area contributed by atoms with Crippen molar-refractivity contribution in [3.63, 3.8) is 0 Å². The Hall–Kier alpha value is -1.82. The maximum atomic E-state index is 13.0. The standard InChI is InChI=1S/C15H13BrN4O4S2/c16-13-5-4-11(24-13)15(21)19-6-8-20(9-7-19)26(22,23)12-3-1-2-10-14(12)18-25-17-10/h1-5H,6-9H2. The highest BCUT2D eigenvalue weighted by Crippen LogP contribution is 2.25. The number of hydrogen-bond acceptors (Lipinski definition) is 7. The van der Waals surface area contributed by atoms with Crippen molar-refractivity contribution in [1.29, 1.82) is 0 Å². The van der Waals surface area contributed by atoms with Crippen molar-refractivity contribution in [1.82, 2.24) is 18.0 Å². The first kappa shape index (κ1) is 17.6. The molecule has 0 radical (unpaired) electrons. The predicted octanol–water partition coefficient (Wildman–Crippen LogP) is 2.19. The van der Waals surface area contributed by atoms with E-state index in [1.54, 1.807) is 29.2 Å². The van der Waals surface area contributed by atoms with Gasteiger partial charge in [-0.25, -0.2) is 8.42 Å². The lowest BCUT2D eigenvalue weighted by atomic mass is 10.3. The van der Waals surface area contributed by atoms with Gasteiger partial charge < -0.3 is 9.32 Å². The highest BCUT2D eigenvalue weighted by atomic mass is 79.9. The molecular weight excluding hydrogens is 444 g/mol. The summed E-state index contributed by atoms with van der Waals surface area (Å²) < 4.78 is 41.3. The Morgan fingerprint density at radius 2 is 1.88 bits per heavy atom. The zero-order valence-electron chi connectivity index (χ0n) is 13.3. The molecule has 0 spiro atoms. The second kappa shape index (κ2) is 6.72. The fourth-order valence-electron chi connectivity index (χ4n) is 2.85. The van der Waals surface area contributed by atoms with E-state index in [1.807, 2.05) is 0 Å². The van der Waals surface area contributed by atoms with Gasteiger partial charge in [-0.3, -0.25) is 4.79 Å². The maximum Gasteiger partial charge on any atom is 0.289 e. The number of carbonyl (C=O) groups is 1. The molecule has 136 valence electrons. The number of piperazine rings is 1. The number of hydrogen-bond donors (Lipinski definition) is 0. The number of rotatable bonds is 3. The van der Waals surface area contributed by atoms with Crippen LogP contribution in [0.1, 0.15) is 10.6 Å². The van der Waals surface area contributed by atoms with Crippen LogP contribution in [-0.4, -0.2) is 58.5 Å². The van der Waals surface area contributed by atoms with Crippen molar-refractivity contribution in [2.75, 3.05) is 26.2 Å². The van der Waals surface area contributed by atoms with Crippen molar-refractivity contribution >= 4 is 54.6 Å². The molecule has 1 saturated heterocycles. The van der Waals surface area contributed by atoms with E-state index in [-0.39, 0.29) is 29.7 Å². The van der Waals surface area contributed by atoms with Gasteiger partial charge in [-0.15, -0.1) is 0 Å². The van der Waals surface area contributed by atoms with Crippen LogP contribution in [0.25, 0.3) is 11.0 Å². The van der Waals surface area contributed by atoms with Gasteiger partial charge in [0.05, 0.1) is 11.7 Å². The van der Waals surface area contributed by atoms with Crippen LogP contribution in [0.15, 0.2) is 44.3 Å². The van der Waals surface area contributed by atoms with Crippen molar-refractivity contribution < 1.29 is 17.6 Å². The predicted molar refractivity (Wildman–Crippen MR) is 98.5 cm³/mol. The molecule has 11 heteroatoms. The lowest BCUT2D eigenvalue weighted by Gasteiger charge is -2.33. The number of amides is 1. The Kier molecular flexibility index (Phi) is 4.55. The van der Waals surface area contributed by atoms with Gasteiger partial charge >= 0.3 is 0 Å². The number of halogens is 1. The number of sulfonamides is 1. The first-order valence-corrected chi connectivity index (χ1v) is 10.7. The lowest BCUT2D eigenvalue weighted by Crippen LogP contribution is -2.50. The normalized spacial score (nSPS) is 16.3. The average molecular weight is 457 g/mol. The van der Waals surface area contributed by atoms with Crippen LogP contribution >= 0.6 is 27.7 Å². The fourth-order valence-corrected chi connectivity index (χ4v) is 5.33. The topological polar surface area (TPSA) is 96.6 Å². The molecule has 3 heterocycles. The molecule has 1 aliphatic heterocycles. The molecule has 3 aromatic rings. The van der Waals surface area contributed by atoms with E-state index >= 15 is 0 Å². The molecule has 2 aromatic heterocycles. The number of fused-ring (bicyclic) bond motifs is 1. The Balaban J connectivity index is 1.52. The third-order valence-electron chi connectivity index (χ3n) is 4.18. The van der Waals surface area contributed by atoms with Crippen LogP contribution in [0.4, 0.5) is 0 Å². The second-order valence-corrected chi connectivity index (χ2v) is 8.90. The van der Waals surface area contributed by atoms with Gasteiger partial charge in [-0.05, 0) is 40.2 Å². The van der Waals surface area contributed by atoms with Crippen molar-refractivity contribution in [3.05, 3.63) is 40.8 Å². The molecule has 4 rings (SSSR count). The zero-order chi connectivity index (χ0) is 18.3. The first-order chi connectivity index (χ1) is 12.5. The van der Waals surface area contributed by atoms with Gasteiger partial charge in [0.1, 0.15) is 15.9 Å². The molecule has 0 unspecified atom stereocenters. The summed E-state index contributed by atoms with van der Waals surface area (Å²) in [5.41, 5.74) is 0.949. The number of nitrogens with zero attached hydrogens (tertiary/aromatic N) is 4. The Labute approximate surface area is 161 Å². The van der Waals surface area contributed by atoms with Crippen molar-refractivity contribution in [2.24, 2.45) is 0 Å². The Morgan fingerprint density at radius 1 is 1.12 bits per heavy atom. The number of carbonyl (C=O) groups excluding carboxylic acids is 1. The van der Waals surface area contributed by atoms with Crippen LogP contribution in [-0.2, 0) is 10.0 Å². The molecular formula is C15H13BrN4O4S2.